The quantitative estimate of drug-likeness (QED) is 0.838. The Morgan fingerprint density at radius 3 is 2.32 bits per heavy atom. The maximum absolute atomic E-state index is 13.7. The number of carbonyl (C=O) groups is 3. The highest BCUT2D eigenvalue weighted by Gasteiger charge is 2.27. The lowest BCUT2D eigenvalue weighted by molar-refractivity contribution is 0.0601. The van der Waals surface area contributed by atoms with Gasteiger partial charge in [-0.25, -0.2) is 18.4 Å². The van der Waals surface area contributed by atoms with Gasteiger partial charge in [0.15, 0.2) is 0 Å². The molecule has 0 fully saturated rings. The Balaban J connectivity index is 2.47. The molecule has 2 rings (SSSR count). The van der Waals surface area contributed by atoms with Crippen LogP contribution in [-0.2, 0) is 9.47 Å². The number of halogens is 2. The van der Waals surface area contributed by atoms with E-state index < -0.39 is 35.0 Å². The molecular formula is C16H13F2NO5S. The monoisotopic (exact) mass is 369 g/mol. The van der Waals surface area contributed by atoms with Crippen molar-refractivity contribution in [1.82, 2.24) is 0 Å². The number of methoxy groups -OCH3 is 2. The molecule has 0 spiro atoms. The summed E-state index contributed by atoms with van der Waals surface area (Å²) in [6, 6.07) is 2.41. The Kier molecular flexibility index (Phi) is 5.48. The largest absolute Gasteiger partial charge is 0.465 e. The van der Waals surface area contributed by atoms with E-state index in [2.05, 4.69) is 14.8 Å². The summed E-state index contributed by atoms with van der Waals surface area (Å²) in [4.78, 5) is 36.1. The van der Waals surface area contributed by atoms with Gasteiger partial charge in [-0.3, -0.25) is 4.79 Å². The van der Waals surface area contributed by atoms with Gasteiger partial charge in [0.25, 0.3) is 5.91 Å². The van der Waals surface area contributed by atoms with E-state index in [1.807, 2.05) is 0 Å². The van der Waals surface area contributed by atoms with Crippen LogP contribution in [0.25, 0.3) is 0 Å². The second kappa shape index (κ2) is 7.39. The highest BCUT2D eigenvalue weighted by molar-refractivity contribution is 7.18. The first-order valence-corrected chi connectivity index (χ1v) is 7.68. The van der Waals surface area contributed by atoms with E-state index >= 15 is 0 Å². The molecule has 1 aromatic carbocycles. The van der Waals surface area contributed by atoms with Crippen molar-refractivity contribution < 1.29 is 32.6 Å². The number of anilines is 1. The molecule has 1 amide bonds. The van der Waals surface area contributed by atoms with Crippen molar-refractivity contribution in [3.8, 4) is 0 Å². The van der Waals surface area contributed by atoms with E-state index in [0.717, 1.165) is 36.6 Å². The fourth-order valence-electron chi connectivity index (χ4n) is 2.08. The number of ether oxygens (including phenoxy) is 2. The molecule has 0 radical (unpaired) electrons. The SMILES string of the molecule is COC(=O)c1sc(NC(=O)c2cc(F)ccc2F)c(C(=O)OC)c1C. The topological polar surface area (TPSA) is 81.7 Å². The zero-order valence-corrected chi connectivity index (χ0v) is 14.3. The molecule has 0 atom stereocenters. The Morgan fingerprint density at radius 1 is 1.08 bits per heavy atom. The van der Waals surface area contributed by atoms with Crippen LogP contribution in [0.3, 0.4) is 0 Å². The number of hydrogen-bond donors (Lipinski definition) is 1. The molecule has 9 heteroatoms. The van der Waals surface area contributed by atoms with Gasteiger partial charge in [-0.1, -0.05) is 0 Å². The van der Waals surface area contributed by atoms with E-state index in [1.165, 1.54) is 14.0 Å². The normalized spacial score (nSPS) is 10.3. The number of hydrogen-bond acceptors (Lipinski definition) is 6. The standard InChI is InChI=1S/C16H13F2NO5S/c1-7-11(15(21)23-2)14(25-12(7)16(22)24-3)19-13(20)9-6-8(17)4-5-10(9)18/h4-6H,1-3H3,(H,19,20). The fourth-order valence-corrected chi connectivity index (χ4v) is 3.19. The van der Waals surface area contributed by atoms with Gasteiger partial charge in [0.05, 0.1) is 25.3 Å². The first-order valence-electron chi connectivity index (χ1n) is 6.86. The molecule has 1 aromatic heterocycles. The minimum absolute atomic E-state index is 0.0292. The summed E-state index contributed by atoms with van der Waals surface area (Å²) in [5.74, 6) is -4.19. The Bertz CT molecular complexity index is 862. The predicted octanol–water partition coefficient (Wildman–Crippen LogP) is 3.16. The number of rotatable bonds is 4. The molecule has 6 nitrogen and oxygen atoms in total. The fraction of sp³-hybridized carbons (Fsp3) is 0.188. The van der Waals surface area contributed by atoms with Gasteiger partial charge in [-0.15, -0.1) is 11.3 Å². The zero-order chi connectivity index (χ0) is 18.7. The molecule has 0 aliphatic rings. The predicted molar refractivity (Wildman–Crippen MR) is 86.0 cm³/mol. The molecule has 0 bridgehead atoms. The number of nitrogens with one attached hydrogen (secondary N) is 1. The lowest BCUT2D eigenvalue weighted by Gasteiger charge is -2.07. The first-order chi connectivity index (χ1) is 11.8. The van der Waals surface area contributed by atoms with Gasteiger partial charge in [0, 0.05) is 0 Å². The minimum Gasteiger partial charge on any atom is -0.465 e. The number of thiophene rings is 1. The van der Waals surface area contributed by atoms with Gasteiger partial charge >= 0.3 is 11.9 Å². The highest BCUT2D eigenvalue weighted by atomic mass is 32.1. The van der Waals surface area contributed by atoms with Gasteiger partial charge < -0.3 is 14.8 Å². The molecule has 0 aliphatic heterocycles. The van der Waals surface area contributed by atoms with Crippen molar-refractivity contribution >= 4 is 34.2 Å². The van der Waals surface area contributed by atoms with Crippen LogP contribution < -0.4 is 5.32 Å². The number of amides is 1. The number of benzene rings is 1. The third-order valence-electron chi connectivity index (χ3n) is 3.31. The maximum atomic E-state index is 13.7. The average Bonchev–Trinajstić information content (AvgIpc) is 2.91. The third kappa shape index (κ3) is 3.66. The number of carbonyl (C=O) groups excluding carboxylic acids is 3. The molecule has 25 heavy (non-hydrogen) atoms. The van der Waals surface area contributed by atoms with E-state index in [0.29, 0.717) is 0 Å². The lowest BCUT2D eigenvalue weighted by atomic mass is 10.1. The van der Waals surface area contributed by atoms with E-state index in [4.69, 9.17) is 0 Å². The van der Waals surface area contributed by atoms with Crippen LogP contribution in [0.15, 0.2) is 18.2 Å². The summed E-state index contributed by atoms with van der Waals surface area (Å²) in [6.07, 6.45) is 0. The molecular weight excluding hydrogens is 356 g/mol. The van der Waals surface area contributed by atoms with E-state index in [9.17, 15) is 23.2 Å². The summed E-state index contributed by atoms with van der Waals surface area (Å²) < 4.78 is 36.2. The molecule has 2 aromatic rings. The van der Waals surface area contributed by atoms with Gasteiger partial charge in [-0.2, -0.15) is 0 Å². The summed E-state index contributed by atoms with van der Waals surface area (Å²) >= 11 is 0.772. The van der Waals surface area contributed by atoms with Gasteiger partial charge in [0.1, 0.15) is 21.5 Å². The third-order valence-corrected chi connectivity index (χ3v) is 4.49. The smallest absolute Gasteiger partial charge is 0.348 e. The Labute approximate surface area is 145 Å². The Morgan fingerprint density at radius 2 is 1.72 bits per heavy atom. The Hall–Kier alpha value is -2.81. The van der Waals surface area contributed by atoms with Crippen molar-refractivity contribution in [1.29, 1.82) is 0 Å². The van der Waals surface area contributed by atoms with Crippen LogP contribution in [0.1, 0.15) is 36.0 Å². The molecule has 0 unspecified atom stereocenters. The summed E-state index contributed by atoms with van der Waals surface area (Å²) in [6.45, 7) is 1.48. The van der Waals surface area contributed by atoms with Crippen molar-refractivity contribution in [3.63, 3.8) is 0 Å². The minimum atomic E-state index is -0.972. The van der Waals surface area contributed by atoms with Gasteiger partial charge in [0.2, 0.25) is 0 Å². The van der Waals surface area contributed by atoms with Crippen molar-refractivity contribution in [2.45, 2.75) is 6.92 Å². The highest BCUT2D eigenvalue weighted by Crippen LogP contribution is 2.34. The van der Waals surface area contributed by atoms with Crippen LogP contribution in [0.2, 0.25) is 0 Å². The van der Waals surface area contributed by atoms with Crippen LogP contribution in [0, 0.1) is 18.6 Å². The van der Waals surface area contributed by atoms with E-state index in [1.54, 1.807) is 0 Å². The van der Waals surface area contributed by atoms with Crippen LogP contribution in [0.4, 0.5) is 13.8 Å². The molecule has 0 saturated heterocycles. The summed E-state index contributed by atoms with van der Waals surface area (Å²) in [5, 5.41) is 2.29. The molecule has 0 saturated carbocycles. The molecule has 1 heterocycles. The van der Waals surface area contributed by atoms with Crippen LogP contribution >= 0.6 is 11.3 Å². The second-order valence-corrected chi connectivity index (χ2v) is 5.84. The van der Waals surface area contributed by atoms with E-state index in [-0.39, 0.29) is 21.0 Å². The van der Waals surface area contributed by atoms with Crippen molar-refractivity contribution in [3.05, 3.63) is 51.4 Å². The summed E-state index contributed by atoms with van der Waals surface area (Å²) in [7, 11) is 2.30. The lowest BCUT2D eigenvalue weighted by Crippen LogP contribution is -2.16. The maximum Gasteiger partial charge on any atom is 0.348 e. The van der Waals surface area contributed by atoms with Crippen molar-refractivity contribution in [2.24, 2.45) is 0 Å². The molecule has 1 N–H and O–H groups in total. The van der Waals surface area contributed by atoms with Crippen molar-refractivity contribution in [2.75, 3.05) is 19.5 Å². The number of esters is 2. The zero-order valence-electron chi connectivity index (χ0n) is 13.4. The first kappa shape index (κ1) is 18.5. The molecule has 132 valence electrons. The van der Waals surface area contributed by atoms with Crippen LogP contribution in [-0.4, -0.2) is 32.1 Å². The summed E-state index contributed by atoms with van der Waals surface area (Å²) in [5.41, 5.74) is -0.349. The second-order valence-electron chi connectivity index (χ2n) is 4.82. The average molecular weight is 369 g/mol. The van der Waals surface area contributed by atoms with Gasteiger partial charge in [-0.05, 0) is 30.7 Å². The molecule has 0 aliphatic carbocycles. The van der Waals surface area contributed by atoms with Crippen LogP contribution in [0.5, 0.6) is 0 Å².